The van der Waals surface area contributed by atoms with Crippen LogP contribution >= 0.6 is 0 Å². The molecule has 10 nitrogen and oxygen atoms in total. The zero-order chi connectivity index (χ0) is 30.0. The maximum atomic E-state index is 12.2. The second-order valence-corrected chi connectivity index (χ2v) is 11.0. The number of nitrogens with zero attached hydrogens (tertiary/aromatic N) is 5. The summed E-state index contributed by atoms with van der Waals surface area (Å²) in [6, 6.07) is 19.0. The molecule has 1 atom stereocenters. The number of imidazole rings is 1. The molecule has 2 aliphatic heterocycles. The summed E-state index contributed by atoms with van der Waals surface area (Å²) in [6.45, 7) is 4.07. The highest BCUT2D eigenvalue weighted by Crippen LogP contribution is 2.28. The van der Waals surface area contributed by atoms with Crippen LogP contribution in [0.2, 0.25) is 0 Å². The number of ether oxygens (including phenoxy) is 3. The normalized spacial score (nSPS) is 16.8. The largest absolute Gasteiger partial charge is 0.473 e. The lowest BCUT2D eigenvalue weighted by Crippen LogP contribution is -2.33. The first-order valence-corrected chi connectivity index (χ1v) is 14.7. The molecule has 0 aliphatic carbocycles. The van der Waals surface area contributed by atoms with Crippen LogP contribution < -0.4 is 4.74 Å². The number of rotatable bonds is 9. The number of aromatic nitrogens is 3. The summed E-state index contributed by atoms with van der Waals surface area (Å²) in [5, 5.41) is 10.1. The van der Waals surface area contributed by atoms with Crippen molar-refractivity contribution in [2.75, 3.05) is 26.8 Å². The van der Waals surface area contributed by atoms with Crippen molar-refractivity contribution >= 4 is 33.5 Å². The van der Waals surface area contributed by atoms with Gasteiger partial charge in [0.1, 0.15) is 18.0 Å². The number of fused-ring (bicyclic) bond motifs is 2. The Morgan fingerprint density at radius 1 is 1.16 bits per heavy atom. The average Bonchev–Trinajstić information content (AvgIpc) is 3.66. The van der Waals surface area contributed by atoms with Crippen LogP contribution in [-0.4, -0.2) is 58.3 Å². The van der Waals surface area contributed by atoms with Gasteiger partial charge in [-0.1, -0.05) is 18.2 Å². The van der Waals surface area contributed by atoms with Crippen LogP contribution in [0.5, 0.6) is 5.88 Å². The quantitative estimate of drug-likeness (QED) is 0.206. The van der Waals surface area contributed by atoms with Crippen LogP contribution in [0.1, 0.15) is 45.8 Å². The van der Waals surface area contributed by atoms with Gasteiger partial charge in [0.25, 0.3) is 0 Å². The minimum absolute atomic E-state index is 0.156. The molecule has 1 saturated heterocycles. The molecule has 0 amide bonds. The fraction of sp³-hybridized carbons (Fsp3) is 0.294. The van der Waals surface area contributed by atoms with Crippen LogP contribution in [0.4, 0.5) is 0 Å². The molecule has 7 rings (SSSR count). The summed E-state index contributed by atoms with van der Waals surface area (Å²) in [6.07, 6.45) is 5.83. The van der Waals surface area contributed by atoms with Gasteiger partial charge in [0.15, 0.2) is 0 Å². The zero-order valence-corrected chi connectivity index (χ0v) is 24.4. The van der Waals surface area contributed by atoms with E-state index in [-0.39, 0.29) is 18.7 Å². The maximum Gasteiger partial charge on any atom is 0.337 e. The Morgan fingerprint density at radius 3 is 2.84 bits per heavy atom. The van der Waals surface area contributed by atoms with Gasteiger partial charge in [0, 0.05) is 36.7 Å². The van der Waals surface area contributed by atoms with E-state index in [1.807, 2.05) is 36.4 Å². The van der Waals surface area contributed by atoms with Crippen LogP contribution in [0.25, 0.3) is 27.6 Å². The third kappa shape index (κ3) is 5.43. The number of hydrogen-bond acceptors (Lipinski definition) is 9. The van der Waals surface area contributed by atoms with Crippen molar-refractivity contribution in [3.05, 3.63) is 95.1 Å². The third-order valence-electron chi connectivity index (χ3n) is 8.33. The Labute approximate surface area is 254 Å². The van der Waals surface area contributed by atoms with Gasteiger partial charge in [-0.2, -0.15) is 5.26 Å². The Balaban J connectivity index is 1.05. The van der Waals surface area contributed by atoms with Crippen molar-refractivity contribution in [3.8, 4) is 11.9 Å². The highest BCUT2D eigenvalue weighted by Gasteiger charge is 2.24. The van der Waals surface area contributed by atoms with Gasteiger partial charge in [-0.15, -0.1) is 0 Å². The number of furan rings is 1. The summed E-state index contributed by atoms with van der Waals surface area (Å²) in [4.78, 5) is 24.3. The fourth-order valence-corrected chi connectivity index (χ4v) is 5.82. The predicted octanol–water partition coefficient (Wildman–Crippen LogP) is 5.49. The summed E-state index contributed by atoms with van der Waals surface area (Å²) >= 11 is 0. The second kappa shape index (κ2) is 12.0. The maximum absolute atomic E-state index is 12.2. The number of hydrogen-bond donors (Lipinski definition) is 0. The van der Waals surface area contributed by atoms with E-state index in [0.717, 1.165) is 66.0 Å². The number of esters is 1. The number of nitriles is 1. The minimum Gasteiger partial charge on any atom is -0.473 e. The van der Waals surface area contributed by atoms with Crippen molar-refractivity contribution in [3.63, 3.8) is 0 Å². The Kier molecular flexibility index (Phi) is 7.56. The number of pyridine rings is 1. The highest BCUT2D eigenvalue weighted by molar-refractivity contribution is 5.93. The molecule has 0 bridgehead atoms. The smallest absolute Gasteiger partial charge is 0.337 e. The predicted molar refractivity (Wildman–Crippen MR) is 163 cm³/mol. The van der Waals surface area contributed by atoms with Gasteiger partial charge in [0.05, 0.1) is 66.5 Å². The lowest BCUT2D eigenvalue weighted by atomic mass is 10.0. The van der Waals surface area contributed by atoms with E-state index < -0.39 is 0 Å². The Bertz CT molecular complexity index is 1930. The van der Waals surface area contributed by atoms with E-state index in [0.29, 0.717) is 35.7 Å². The SMILES string of the molecule is COC(=O)c1ccc2nc(CN3CC=C(c4cccc(OCc5ccc(C#N)c6ccoc56)n4)CC3)n(C[C@@H]3CCO3)c2c1. The molecule has 0 unspecified atom stereocenters. The molecule has 0 radical (unpaired) electrons. The number of benzene rings is 2. The summed E-state index contributed by atoms with van der Waals surface area (Å²) < 4.78 is 24.5. The van der Waals surface area contributed by atoms with Gasteiger partial charge in [-0.05, 0) is 54.8 Å². The molecule has 2 aliphatic rings. The molecule has 2 aromatic carbocycles. The fourth-order valence-electron chi connectivity index (χ4n) is 5.82. The standard InChI is InChI=1S/C34H31N5O5/c1-41-34(40)23-7-8-29-30(17-23)39(19-26-11-15-42-26)31(36-29)20-38-13-9-22(10-14-38)28-3-2-4-32(37-28)44-21-25-6-5-24(18-35)27-12-16-43-33(25)27/h2-9,12,16-17,26H,10-11,13-15,19-21H2,1H3/t26-/m0/s1. The molecule has 222 valence electrons. The van der Waals surface area contributed by atoms with Crippen LogP contribution in [0.3, 0.4) is 0 Å². The molecule has 5 heterocycles. The van der Waals surface area contributed by atoms with Crippen LogP contribution in [-0.2, 0) is 29.2 Å². The highest BCUT2D eigenvalue weighted by atomic mass is 16.5. The first-order chi connectivity index (χ1) is 21.6. The molecule has 0 spiro atoms. The number of carbonyl (C=O) groups is 1. The summed E-state index contributed by atoms with van der Waals surface area (Å²) in [5.41, 5.74) is 6.46. The van der Waals surface area contributed by atoms with Crippen molar-refractivity contribution < 1.29 is 23.4 Å². The Hall–Kier alpha value is -4.98. The molecule has 44 heavy (non-hydrogen) atoms. The molecular formula is C34H31N5O5. The monoisotopic (exact) mass is 589 g/mol. The van der Waals surface area contributed by atoms with E-state index >= 15 is 0 Å². The van der Waals surface area contributed by atoms with Gasteiger partial charge >= 0.3 is 5.97 Å². The number of carbonyl (C=O) groups excluding carboxylic acids is 1. The third-order valence-corrected chi connectivity index (χ3v) is 8.33. The molecule has 5 aromatic rings. The molecule has 1 fully saturated rings. The minimum atomic E-state index is -0.359. The molecule has 3 aromatic heterocycles. The van der Waals surface area contributed by atoms with Crippen molar-refractivity contribution in [2.45, 2.75) is 38.6 Å². The summed E-state index contributed by atoms with van der Waals surface area (Å²) in [7, 11) is 1.39. The van der Waals surface area contributed by atoms with Gasteiger partial charge in [-0.3, -0.25) is 4.90 Å². The lowest BCUT2D eigenvalue weighted by molar-refractivity contribution is -0.0591. The van der Waals surface area contributed by atoms with E-state index in [4.69, 9.17) is 28.6 Å². The van der Waals surface area contributed by atoms with E-state index in [9.17, 15) is 10.1 Å². The lowest BCUT2D eigenvalue weighted by Gasteiger charge is -2.29. The first-order valence-electron chi connectivity index (χ1n) is 14.7. The topological polar surface area (TPSA) is 116 Å². The molecule has 0 N–H and O–H groups in total. The zero-order valence-electron chi connectivity index (χ0n) is 24.4. The van der Waals surface area contributed by atoms with E-state index in [2.05, 4.69) is 21.6 Å². The van der Waals surface area contributed by atoms with Crippen molar-refractivity contribution in [1.82, 2.24) is 19.4 Å². The summed E-state index contributed by atoms with van der Waals surface area (Å²) in [5.74, 6) is 1.13. The second-order valence-electron chi connectivity index (χ2n) is 11.0. The number of methoxy groups -OCH3 is 1. The average molecular weight is 590 g/mol. The molecule has 0 saturated carbocycles. The first kappa shape index (κ1) is 27.8. The van der Waals surface area contributed by atoms with Crippen LogP contribution in [0, 0.1) is 11.3 Å². The van der Waals surface area contributed by atoms with Crippen LogP contribution in [0.15, 0.2) is 71.4 Å². The van der Waals surface area contributed by atoms with Gasteiger partial charge < -0.3 is 23.2 Å². The molecule has 10 heteroatoms. The van der Waals surface area contributed by atoms with Gasteiger partial charge in [0.2, 0.25) is 5.88 Å². The van der Waals surface area contributed by atoms with E-state index in [1.54, 1.807) is 24.5 Å². The van der Waals surface area contributed by atoms with Gasteiger partial charge in [-0.25, -0.2) is 14.8 Å². The van der Waals surface area contributed by atoms with Crippen molar-refractivity contribution in [1.29, 1.82) is 5.26 Å². The van der Waals surface area contributed by atoms with E-state index in [1.165, 1.54) is 12.7 Å². The Morgan fingerprint density at radius 2 is 2.07 bits per heavy atom. The van der Waals surface area contributed by atoms with Crippen molar-refractivity contribution in [2.24, 2.45) is 0 Å². The molecular weight excluding hydrogens is 558 g/mol.